The van der Waals surface area contributed by atoms with Gasteiger partial charge in [-0.1, -0.05) is 133 Å². The zero-order chi connectivity index (χ0) is 30.8. The summed E-state index contributed by atoms with van der Waals surface area (Å²) in [7, 11) is 2.20. The number of allylic oxidation sites excluding steroid dienone is 3. The van der Waals surface area contributed by atoms with Crippen LogP contribution in [0.25, 0.3) is 31.4 Å². The Bertz CT molecular complexity index is 2240. The average molecular weight is 612 g/mol. The number of thiophene rings is 1. The van der Waals surface area contributed by atoms with Gasteiger partial charge < -0.3 is 9.80 Å². The van der Waals surface area contributed by atoms with Crippen LogP contribution in [-0.2, 0) is 0 Å². The van der Waals surface area contributed by atoms with Crippen LogP contribution >= 0.6 is 11.3 Å². The molecule has 0 spiro atoms. The summed E-state index contributed by atoms with van der Waals surface area (Å²) >= 11 is 1.92. The molecule has 0 fully saturated rings. The number of rotatable bonds is 4. The molecule has 0 saturated carbocycles. The molecule has 1 aromatic heterocycles. The molecule has 9 rings (SSSR count). The van der Waals surface area contributed by atoms with Crippen molar-refractivity contribution in [3.8, 4) is 0 Å². The standard InChI is InChI=1S/C42H33N3S/c1-42-27-31(28-14-6-3-7-15-28)22-24-34(42)39-36(25-23-33-32-20-12-13-21-38(32)46-40(33)39)45(42)41-43-35(29-16-8-4-9-17-29)26-37(44(41)2)30-18-10-5-11-19-30/h3-27,34,41H,1-2H3. The number of aliphatic imine (C=N–C) groups is 1. The van der Waals surface area contributed by atoms with E-state index in [1.54, 1.807) is 0 Å². The van der Waals surface area contributed by atoms with Crippen molar-refractivity contribution in [2.75, 3.05) is 11.9 Å². The molecule has 3 atom stereocenters. The van der Waals surface area contributed by atoms with Crippen LogP contribution in [0.5, 0.6) is 0 Å². The maximum Gasteiger partial charge on any atom is 0.200 e. The first kappa shape index (κ1) is 27.1. The first-order valence-electron chi connectivity index (χ1n) is 15.9. The SMILES string of the molecule is CN1C(c2ccccc2)=CC(c2ccccc2)=NC1N1c2ccc3c(sc4ccccc43)c2C2C=CC(c3ccccc3)=CC21C. The van der Waals surface area contributed by atoms with E-state index in [-0.39, 0.29) is 17.7 Å². The highest BCUT2D eigenvalue weighted by atomic mass is 32.1. The van der Waals surface area contributed by atoms with Crippen LogP contribution in [0.15, 0.2) is 157 Å². The molecule has 0 N–H and O–H groups in total. The minimum Gasteiger partial charge on any atom is -0.335 e. The summed E-state index contributed by atoms with van der Waals surface area (Å²) in [4.78, 5) is 10.6. The summed E-state index contributed by atoms with van der Waals surface area (Å²) in [6.07, 6.45) is 9.26. The number of hydrogen-bond donors (Lipinski definition) is 0. The second kappa shape index (κ2) is 10.4. The summed E-state index contributed by atoms with van der Waals surface area (Å²) in [6, 6.07) is 45.6. The summed E-state index contributed by atoms with van der Waals surface area (Å²) in [5.74, 6) is 0.168. The molecule has 2 aliphatic heterocycles. The van der Waals surface area contributed by atoms with E-state index in [1.165, 1.54) is 48.1 Å². The third-order valence-electron chi connectivity index (χ3n) is 9.93. The first-order valence-corrected chi connectivity index (χ1v) is 16.7. The first-order chi connectivity index (χ1) is 22.6. The van der Waals surface area contributed by atoms with Gasteiger partial charge in [0.15, 0.2) is 6.29 Å². The van der Waals surface area contributed by atoms with Gasteiger partial charge in [0.05, 0.1) is 11.3 Å². The third-order valence-corrected chi connectivity index (χ3v) is 11.1. The van der Waals surface area contributed by atoms with Crippen molar-refractivity contribution in [2.24, 2.45) is 4.99 Å². The maximum absolute atomic E-state index is 5.59. The monoisotopic (exact) mass is 611 g/mol. The number of hydrogen-bond acceptors (Lipinski definition) is 4. The van der Waals surface area contributed by atoms with Crippen molar-refractivity contribution in [3.63, 3.8) is 0 Å². The predicted molar refractivity (Wildman–Crippen MR) is 195 cm³/mol. The van der Waals surface area contributed by atoms with E-state index in [0.717, 1.165) is 17.0 Å². The molecule has 0 bridgehead atoms. The highest BCUT2D eigenvalue weighted by Crippen LogP contribution is 2.57. The number of benzene rings is 5. The molecule has 46 heavy (non-hydrogen) atoms. The van der Waals surface area contributed by atoms with E-state index in [4.69, 9.17) is 4.99 Å². The van der Waals surface area contributed by atoms with E-state index in [0.29, 0.717) is 0 Å². The normalized spacial score (nSPS) is 22.0. The molecule has 3 unspecified atom stereocenters. The smallest absolute Gasteiger partial charge is 0.200 e. The average Bonchev–Trinajstić information content (AvgIpc) is 3.61. The van der Waals surface area contributed by atoms with Crippen LogP contribution in [0, 0.1) is 0 Å². The highest BCUT2D eigenvalue weighted by Gasteiger charge is 2.52. The lowest BCUT2D eigenvalue weighted by molar-refractivity contribution is 0.297. The molecule has 6 aromatic rings. The van der Waals surface area contributed by atoms with E-state index >= 15 is 0 Å². The zero-order valence-corrected chi connectivity index (χ0v) is 26.7. The minimum absolute atomic E-state index is 0.168. The fraction of sp³-hybridized carbons (Fsp3) is 0.119. The van der Waals surface area contributed by atoms with Gasteiger partial charge in [0, 0.05) is 50.1 Å². The van der Waals surface area contributed by atoms with Gasteiger partial charge in [-0.2, -0.15) is 0 Å². The Morgan fingerprint density at radius 2 is 1.35 bits per heavy atom. The molecule has 1 aliphatic carbocycles. The van der Waals surface area contributed by atoms with Gasteiger partial charge in [0.2, 0.25) is 0 Å². The molecule has 222 valence electrons. The van der Waals surface area contributed by atoms with Crippen molar-refractivity contribution in [3.05, 3.63) is 174 Å². The summed E-state index contributed by atoms with van der Waals surface area (Å²) < 4.78 is 2.71. The van der Waals surface area contributed by atoms with Gasteiger partial charge in [-0.25, -0.2) is 4.99 Å². The number of fused-ring (bicyclic) bond motifs is 7. The molecule has 5 aromatic carbocycles. The van der Waals surface area contributed by atoms with Crippen LogP contribution in [0.4, 0.5) is 5.69 Å². The molecule has 0 amide bonds. The van der Waals surface area contributed by atoms with Crippen molar-refractivity contribution < 1.29 is 0 Å². The van der Waals surface area contributed by atoms with Gasteiger partial charge in [-0.3, -0.25) is 0 Å². The molecular weight excluding hydrogens is 579 g/mol. The molecule has 0 saturated heterocycles. The molecule has 0 radical (unpaired) electrons. The molecule has 3 heterocycles. The number of anilines is 1. The third kappa shape index (κ3) is 4.07. The lowest BCUT2D eigenvalue weighted by Gasteiger charge is -2.48. The predicted octanol–water partition coefficient (Wildman–Crippen LogP) is 10.1. The Labute approximate surface area is 273 Å². The van der Waals surface area contributed by atoms with Crippen LogP contribution < -0.4 is 4.90 Å². The summed E-state index contributed by atoms with van der Waals surface area (Å²) in [5.41, 5.74) is 9.24. The van der Waals surface area contributed by atoms with Crippen LogP contribution in [-0.4, -0.2) is 29.5 Å². The largest absolute Gasteiger partial charge is 0.335 e. The summed E-state index contributed by atoms with van der Waals surface area (Å²) in [6.45, 7) is 2.41. The summed E-state index contributed by atoms with van der Waals surface area (Å²) in [5, 5.41) is 2.67. The zero-order valence-electron chi connectivity index (χ0n) is 25.8. The van der Waals surface area contributed by atoms with Gasteiger partial charge in [-0.05, 0) is 47.4 Å². The highest BCUT2D eigenvalue weighted by molar-refractivity contribution is 7.26. The maximum atomic E-state index is 5.59. The van der Waals surface area contributed by atoms with Crippen molar-refractivity contribution >= 4 is 54.2 Å². The Morgan fingerprint density at radius 1 is 0.696 bits per heavy atom. The van der Waals surface area contributed by atoms with Crippen LogP contribution in [0.1, 0.15) is 35.1 Å². The second-order valence-electron chi connectivity index (χ2n) is 12.6. The minimum atomic E-state index is -0.365. The van der Waals surface area contributed by atoms with Gasteiger partial charge in [0.1, 0.15) is 0 Å². The van der Waals surface area contributed by atoms with E-state index in [2.05, 4.69) is 175 Å². The topological polar surface area (TPSA) is 18.8 Å². The van der Waals surface area contributed by atoms with Gasteiger partial charge >= 0.3 is 0 Å². The van der Waals surface area contributed by atoms with Crippen LogP contribution in [0.3, 0.4) is 0 Å². The fourth-order valence-corrected chi connectivity index (χ4v) is 8.99. The Balaban J connectivity index is 1.30. The van der Waals surface area contributed by atoms with E-state index < -0.39 is 0 Å². The van der Waals surface area contributed by atoms with Crippen LogP contribution in [0.2, 0.25) is 0 Å². The lowest BCUT2D eigenvalue weighted by Crippen LogP contribution is -2.56. The Hall–Kier alpha value is -5.19. The second-order valence-corrected chi connectivity index (χ2v) is 13.7. The Kier molecular flexibility index (Phi) is 6.16. The molecule has 4 heteroatoms. The van der Waals surface area contributed by atoms with Crippen molar-refractivity contribution in [1.29, 1.82) is 0 Å². The molecular formula is C42H33N3S. The van der Waals surface area contributed by atoms with Gasteiger partial charge in [0.25, 0.3) is 0 Å². The molecule has 3 aliphatic rings. The van der Waals surface area contributed by atoms with Crippen molar-refractivity contribution in [1.82, 2.24) is 4.90 Å². The fourth-order valence-electron chi connectivity index (χ4n) is 7.71. The number of nitrogens with zero attached hydrogens (tertiary/aromatic N) is 3. The Morgan fingerprint density at radius 3 is 2.09 bits per heavy atom. The molecule has 3 nitrogen and oxygen atoms in total. The quantitative estimate of drug-likeness (QED) is 0.198. The van der Waals surface area contributed by atoms with E-state index in [1.807, 2.05) is 11.3 Å². The lowest BCUT2D eigenvalue weighted by atomic mass is 9.77. The van der Waals surface area contributed by atoms with Gasteiger partial charge in [-0.15, -0.1) is 11.3 Å². The van der Waals surface area contributed by atoms with Crippen molar-refractivity contribution in [2.45, 2.75) is 24.7 Å². The van der Waals surface area contributed by atoms with E-state index in [9.17, 15) is 0 Å².